The molecule has 0 spiro atoms. The Hall–Kier alpha value is -3.48. The van der Waals surface area contributed by atoms with Gasteiger partial charge < -0.3 is 0 Å². The molecule has 0 unspecified atom stereocenters. The van der Waals surface area contributed by atoms with E-state index in [9.17, 15) is 0 Å². The molecule has 0 aliphatic carbocycles. The van der Waals surface area contributed by atoms with Crippen molar-refractivity contribution in [1.82, 2.24) is 30.2 Å². The first-order valence-corrected chi connectivity index (χ1v) is 10.0. The van der Waals surface area contributed by atoms with Gasteiger partial charge in [-0.25, -0.2) is 0 Å². The number of aromatic nitrogens is 4. The number of hydrogen-bond acceptors (Lipinski definition) is 6. The summed E-state index contributed by atoms with van der Waals surface area (Å²) < 4.78 is 0. The molecule has 1 aliphatic rings. The smallest absolute Gasteiger partial charge is 0.105 e. The zero-order valence-electron chi connectivity index (χ0n) is 16.4. The van der Waals surface area contributed by atoms with E-state index in [4.69, 9.17) is 4.98 Å². The van der Waals surface area contributed by atoms with Crippen LogP contribution in [0.2, 0.25) is 0 Å². The summed E-state index contributed by atoms with van der Waals surface area (Å²) in [5, 5.41) is 3.78. The third-order valence-corrected chi connectivity index (χ3v) is 5.38. The van der Waals surface area contributed by atoms with E-state index in [2.05, 4.69) is 49.4 Å². The van der Waals surface area contributed by atoms with Crippen LogP contribution in [0.1, 0.15) is 41.0 Å². The molecular weight excluding hydrogens is 372 g/mol. The molecule has 0 bridgehead atoms. The Morgan fingerprint density at radius 3 is 1.77 bits per heavy atom. The summed E-state index contributed by atoms with van der Waals surface area (Å²) in [4.78, 5) is 21.0. The van der Waals surface area contributed by atoms with E-state index in [1.807, 2.05) is 73.3 Å². The minimum absolute atomic E-state index is 0.0184. The highest BCUT2D eigenvalue weighted by atomic mass is 15.4. The molecule has 4 aromatic rings. The van der Waals surface area contributed by atoms with Crippen molar-refractivity contribution in [2.24, 2.45) is 0 Å². The SMILES string of the molecule is c1ccc(CN2[C@@H](c3ccccn3)N[C@H](c3ccccn3)[C@H]2c2ccccn2)nc1. The normalized spacial score (nSPS) is 21.5. The molecule has 6 nitrogen and oxygen atoms in total. The van der Waals surface area contributed by atoms with Gasteiger partial charge in [-0.3, -0.25) is 30.2 Å². The second-order valence-electron chi connectivity index (χ2n) is 7.25. The average Bonchev–Trinajstić information content (AvgIpc) is 3.20. The van der Waals surface area contributed by atoms with Crippen molar-refractivity contribution >= 4 is 0 Å². The van der Waals surface area contributed by atoms with Crippen molar-refractivity contribution in [3.8, 4) is 0 Å². The number of nitrogens with one attached hydrogen (secondary N) is 1. The maximum Gasteiger partial charge on any atom is 0.105 e. The lowest BCUT2D eigenvalue weighted by atomic mass is 10.0. The van der Waals surface area contributed by atoms with Crippen LogP contribution in [0.3, 0.4) is 0 Å². The first-order valence-electron chi connectivity index (χ1n) is 10.0. The van der Waals surface area contributed by atoms with Crippen LogP contribution in [-0.4, -0.2) is 24.8 Å². The first kappa shape index (κ1) is 18.5. The molecule has 148 valence electrons. The van der Waals surface area contributed by atoms with Crippen LogP contribution < -0.4 is 5.32 Å². The van der Waals surface area contributed by atoms with Gasteiger partial charge in [-0.05, 0) is 48.5 Å². The van der Waals surface area contributed by atoms with E-state index in [0.717, 1.165) is 22.8 Å². The molecule has 6 heteroatoms. The topological polar surface area (TPSA) is 66.8 Å². The van der Waals surface area contributed by atoms with Crippen molar-refractivity contribution in [1.29, 1.82) is 0 Å². The van der Waals surface area contributed by atoms with E-state index in [1.165, 1.54) is 0 Å². The highest BCUT2D eigenvalue weighted by Gasteiger charge is 2.44. The van der Waals surface area contributed by atoms with Crippen LogP contribution >= 0.6 is 0 Å². The summed E-state index contributed by atoms with van der Waals surface area (Å²) in [7, 11) is 0. The highest BCUT2D eigenvalue weighted by molar-refractivity contribution is 5.25. The molecule has 0 radical (unpaired) electrons. The Kier molecular flexibility index (Phi) is 5.25. The molecule has 4 aromatic heterocycles. The fraction of sp³-hybridized carbons (Fsp3) is 0.167. The minimum Gasteiger partial charge on any atom is -0.286 e. The van der Waals surface area contributed by atoms with Gasteiger partial charge in [-0.15, -0.1) is 0 Å². The van der Waals surface area contributed by atoms with E-state index >= 15 is 0 Å². The summed E-state index contributed by atoms with van der Waals surface area (Å²) in [6, 6.07) is 24.1. The second-order valence-corrected chi connectivity index (χ2v) is 7.25. The molecule has 5 rings (SSSR count). The van der Waals surface area contributed by atoms with Gasteiger partial charge in [0.2, 0.25) is 0 Å². The lowest BCUT2D eigenvalue weighted by molar-refractivity contribution is 0.167. The third kappa shape index (κ3) is 3.70. The Bertz CT molecular complexity index is 1060. The number of hydrogen-bond donors (Lipinski definition) is 1. The van der Waals surface area contributed by atoms with Crippen molar-refractivity contribution in [2.75, 3.05) is 0 Å². The zero-order valence-corrected chi connectivity index (χ0v) is 16.4. The van der Waals surface area contributed by atoms with Crippen molar-refractivity contribution in [2.45, 2.75) is 24.8 Å². The average molecular weight is 394 g/mol. The molecule has 0 aromatic carbocycles. The van der Waals surface area contributed by atoms with Crippen molar-refractivity contribution in [3.05, 3.63) is 120 Å². The Balaban J connectivity index is 1.62. The molecule has 5 heterocycles. The van der Waals surface area contributed by atoms with E-state index < -0.39 is 0 Å². The van der Waals surface area contributed by atoms with Gasteiger partial charge in [0.05, 0.1) is 34.9 Å². The molecule has 1 fully saturated rings. The maximum atomic E-state index is 4.71. The van der Waals surface area contributed by atoms with Crippen LogP contribution in [0, 0.1) is 0 Å². The summed E-state index contributed by atoms with van der Waals surface area (Å²) in [5.74, 6) is 0. The fourth-order valence-electron chi connectivity index (χ4n) is 4.07. The van der Waals surface area contributed by atoms with E-state index in [1.54, 1.807) is 0 Å². The molecule has 0 saturated carbocycles. The number of nitrogens with zero attached hydrogens (tertiary/aromatic N) is 5. The summed E-state index contributed by atoms with van der Waals surface area (Å²) in [6.45, 7) is 0.666. The Morgan fingerprint density at radius 1 is 0.633 bits per heavy atom. The van der Waals surface area contributed by atoms with Gasteiger partial charge in [-0.2, -0.15) is 0 Å². The molecule has 1 N–H and O–H groups in total. The zero-order chi connectivity index (χ0) is 20.2. The first-order chi connectivity index (χ1) is 14.9. The molecule has 30 heavy (non-hydrogen) atoms. The predicted molar refractivity (Wildman–Crippen MR) is 114 cm³/mol. The second kappa shape index (κ2) is 8.49. The number of rotatable bonds is 5. The van der Waals surface area contributed by atoms with Gasteiger partial charge in [-0.1, -0.05) is 24.3 Å². The summed E-state index contributed by atoms with van der Waals surface area (Å²) in [6.07, 6.45) is 7.26. The molecule has 1 saturated heterocycles. The molecule has 3 atom stereocenters. The van der Waals surface area contributed by atoms with Crippen LogP contribution in [0.5, 0.6) is 0 Å². The monoisotopic (exact) mass is 394 g/mol. The molecule has 1 aliphatic heterocycles. The third-order valence-electron chi connectivity index (χ3n) is 5.38. The van der Waals surface area contributed by atoms with Gasteiger partial charge in [0.25, 0.3) is 0 Å². The number of pyridine rings is 4. The Morgan fingerprint density at radius 2 is 1.20 bits per heavy atom. The summed E-state index contributed by atoms with van der Waals surface area (Å²) in [5.41, 5.74) is 3.95. The quantitative estimate of drug-likeness (QED) is 0.555. The lowest BCUT2D eigenvalue weighted by Gasteiger charge is -2.29. The van der Waals surface area contributed by atoms with Crippen LogP contribution in [0.15, 0.2) is 97.6 Å². The van der Waals surface area contributed by atoms with Crippen LogP contribution in [0.4, 0.5) is 0 Å². The van der Waals surface area contributed by atoms with Gasteiger partial charge in [0.15, 0.2) is 0 Å². The van der Waals surface area contributed by atoms with E-state index in [-0.39, 0.29) is 18.2 Å². The molecule has 0 amide bonds. The van der Waals surface area contributed by atoms with Crippen LogP contribution in [-0.2, 0) is 6.54 Å². The minimum atomic E-state index is -0.0905. The van der Waals surface area contributed by atoms with Crippen LogP contribution in [0.25, 0.3) is 0 Å². The highest BCUT2D eigenvalue weighted by Crippen LogP contribution is 2.44. The lowest BCUT2D eigenvalue weighted by Crippen LogP contribution is -2.30. The van der Waals surface area contributed by atoms with Gasteiger partial charge in [0, 0.05) is 31.3 Å². The largest absolute Gasteiger partial charge is 0.286 e. The van der Waals surface area contributed by atoms with Crippen molar-refractivity contribution < 1.29 is 0 Å². The Labute approximate surface area is 175 Å². The standard InChI is InChI=1S/C24H22N6/c1-5-13-25-18(9-1)17-30-23(20-11-3-7-15-27-20)22(19-10-2-6-14-26-19)29-24(30)21-12-4-8-16-28-21/h1-16,22-24,29H,17H2/t22-,23-,24+/m1/s1. The van der Waals surface area contributed by atoms with E-state index in [0.29, 0.717) is 6.54 Å². The van der Waals surface area contributed by atoms with Gasteiger partial charge >= 0.3 is 0 Å². The maximum absolute atomic E-state index is 4.71. The summed E-state index contributed by atoms with van der Waals surface area (Å²) >= 11 is 0. The van der Waals surface area contributed by atoms with Gasteiger partial charge in [0.1, 0.15) is 6.17 Å². The fourth-order valence-corrected chi connectivity index (χ4v) is 4.07. The van der Waals surface area contributed by atoms with Crippen molar-refractivity contribution in [3.63, 3.8) is 0 Å². The molecular formula is C24H22N6. The predicted octanol–water partition coefficient (Wildman–Crippen LogP) is 3.85.